The Morgan fingerprint density at radius 3 is 2.17 bits per heavy atom. The van der Waals surface area contributed by atoms with Crippen LogP contribution < -0.4 is 16.0 Å². The first-order valence-corrected chi connectivity index (χ1v) is 19.8. The predicted molar refractivity (Wildman–Crippen MR) is 224 cm³/mol. The third-order valence-corrected chi connectivity index (χ3v) is 9.78. The number of carbonyl (C=O) groups is 2. The number of aliphatic imine (C=N–C) groups is 2. The molecule has 3 N–H and O–H groups in total. The van der Waals surface area contributed by atoms with E-state index in [1.165, 1.54) is 19.0 Å². The van der Waals surface area contributed by atoms with Gasteiger partial charge in [0, 0.05) is 47.9 Å². The van der Waals surface area contributed by atoms with Crippen molar-refractivity contribution in [3.63, 3.8) is 0 Å². The van der Waals surface area contributed by atoms with Crippen molar-refractivity contribution in [3.05, 3.63) is 64.8 Å². The first-order valence-electron chi connectivity index (χ1n) is 19.8. The topological polar surface area (TPSA) is 94.9 Å². The van der Waals surface area contributed by atoms with E-state index in [1.807, 2.05) is 91.2 Å². The van der Waals surface area contributed by atoms with Crippen LogP contribution in [0.2, 0.25) is 0 Å². The normalized spacial score (nSPS) is 18.2. The lowest BCUT2D eigenvalue weighted by Gasteiger charge is -2.26. The van der Waals surface area contributed by atoms with Crippen LogP contribution in [-0.4, -0.2) is 49.9 Å². The summed E-state index contributed by atoms with van der Waals surface area (Å²) in [5.41, 5.74) is 4.10. The minimum absolute atomic E-state index is 0.0594. The minimum Gasteiger partial charge on any atom is -0.351 e. The van der Waals surface area contributed by atoms with E-state index in [0.717, 1.165) is 65.8 Å². The maximum atomic E-state index is 14.7. The number of allylic oxidation sites excluding steroid dienone is 4. The standard InChI is InChI=1S/C25H35FN2.C14H27F2N3O.C5H10O/c1-7-11-21-14-23(21)22-13-12-20(15-24(22)26)19(10-4)16-27-25(17(5)8-2)28-18(6)9-3;1-6-14(3,4)19-12(20)10(2)7-11(8-17-5)9-18-13(15)16;1-3-5(2)4-6/h9-10,12-13,15-17,21,23H,7-8,11,14H2,1-6H3;9-10,13,17-18H,6-8H2,1-5H3,(H,19,20);4-5H,3H2,1-2H3/b18-9-,19-10+,27-16?,28-25?;11-9-;/t17?,21-,23?;;/m1../s1. The monoisotopic (exact) mass is 760 g/mol. The fourth-order valence-corrected chi connectivity index (χ4v) is 5.19. The second kappa shape index (κ2) is 27.1. The Morgan fingerprint density at radius 1 is 1.04 bits per heavy atom. The Morgan fingerprint density at radius 2 is 1.70 bits per heavy atom. The molecule has 1 saturated carbocycles. The Hall–Kier alpha value is -3.53. The van der Waals surface area contributed by atoms with Crippen molar-refractivity contribution in [3.8, 4) is 0 Å². The number of alkyl halides is 2. The highest BCUT2D eigenvalue weighted by molar-refractivity contribution is 6.13. The molecule has 0 radical (unpaired) electrons. The number of hydrogen-bond donors (Lipinski definition) is 3. The Labute approximate surface area is 325 Å². The van der Waals surface area contributed by atoms with Crippen molar-refractivity contribution in [2.24, 2.45) is 33.7 Å². The number of aldehydes is 1. The van der Waals surface area contributed by atoms with Crippen LogP contribution in [0.1, 0.15) is 145 Å². The van der Waals surface area contributed by atoms with Crippen LogP contribution in [-0.2, 0) is 9.59 Å². The van der Waals surface area contributed by atoms with Gasteiger partial charge in [-0.3, -0.25) is 4.79 Å². The lowest BCUT2D eigenvalue weighted by molar-refractivity contribution is -0.126. The molecule has 0 heterocycles. The van der Waals surface area contributed by atoms with Gasteiger partial charge in [0.15, 0.2) is 0 Å². The maximum absolute atomic E-state index is 14.7. The predicted octanol–water partition coefficient (Wildman–Crippen LogP) is 11.0. The summed E-state index contributed by atoms with van der Waals surface area (Å²) in [5.74, 6) is 2.00. The number of nitrogens with one attached hydrogen (secondary N) is 3. The number of hydrogen-bond acceptors (Lipinski definition) is 5. The highest BCUT2D eigenvalue weighted by atomic mass is 19.3. The summed E-state index contributed by atoms with van der Waals surface area (Å²) in [6.07, 6.45) is 14.7. The Bertz CT molecular complexity index is 1420. The second-order valence-corrected chi connectivity index (χ2v) is 15.0. The molecule has 0 spiro atoms. The zero-order valence-corrected chi connectivity index (χ0v) is 35.6. The average molecular weight is 760 g/mol. The van der Waals surface area contributed by atoms with Crippen LogP contribution >= 0.6 is 0 Å². The van der Waals surface area contributed by atoms with E-state index in [9.17, 15) is 22.8 Å². The molecule has 5 atom stereocenters. The molecular formula is C44H72F3N5O2. The number of amides is 1. The zero-order valence-electron chi connectivity index (χ0n) is 35.6. The lowest BCUT2D eigenvalue weighted by Crippen LogP contribution is -2.45. The number of carbonyl (C=O) groups excluding carboxylic acids is 2. The van der Waals surface area contributed by atoms with E-state index in [0.29, 0.717) is 24.8 Å². The first kappa shape index (κ1) is 50.5. The fourth-order valence-electron chi connectivity index (χ4n) is 5.19. The van der Waals surface area contributed by atoms with E-state index in [-0.39, 0.29) is 35.0 Å². The van der Waals surface area contributed by atoms with Gasteiger partial charge in [-0.05, 0) is 114 Å². The number of halogens is 3. The number of amidine groups is 1. The molecule has 1 fully saturated rings. The highest BCUT2D eigenvalue weighted by Gasteiger charge is 2.38. The molecule has 0 saturated heterocycles. The molecule has 0 aliphatic heterocycles. The summed E-state index contributed by atoms with van der Waals surface area (Å²) in [4.78, 5) is 31.1. The molecule has 2 rings (SSSR count). The van der Waals surface area contributed by atoms with Crippen molar-refractivity contribution in [2.75, 3.05) is 13.6 Å². The molecule has 0 bridgehead atoms. The zero-order chi connectivity index (χ0) is 41.4. The van der Waals surface area contributed by atoms with Crippen LogP contribution in [0.3, 0.4) is 0 Å². The van der Waals surface area contributed by atoms with Gasteiger partial charge in [-0.15, -0.1) is 0 Å². The van der Waals surface area contributed by atoms with Gasteiger partial charge in [0.2, 0.25) is 5.91 Å². The number of rotatable bonds is 19. The number of nitrogens with zero attached hydrogens (tertiary/aromatic N) is 2. The summed E-state index contributed by atoms with van der Waals surface area (Å²) < 4.78 is 39.0. The Balaban J connectivity index is 0.000000943. The summed E-state index contributed by atoms with van der Waals surface area (Å²) in [7, 11) is 1.74. The largest absolute Gasteiger partial charge is 0.351 e. The van der Waals surface area contributed by atoms with Gasteiger partial charge in [0.25, 0.3) is 0 Å². The number of likely N-dealkylation sites (N-methyl/N-ethyl adjacent to an activating group) is 1. The lowest BCUT2D eigenvalue weighted by atomic mass is 9.97. The summed E-state index contributed by atoms with van der Waals surface area (Å²) in [6, 6.07) is 5.66. The molecule has 1 aliphatic carbocycles. The van der Waals surface area contributed by atoms with Crippen LogP contribution in [0, 0.1) is 29.5 Å². The molecule has 306 valence electrons. The third-order valence-electron chi connectivity index (χ3n) is 9.78. The first-order chi connectivity index (χ1) is 25.5. The number of benzene rings is 1. The van der Waals surface area contributed by atoms with Gasteiger partial charge in [-0.2, -0.15) is 8.78 Å². The molecule has 54 heavy (non-hydrogen) atoms. The van der Waals surface area contributed by atoms with Crippen LogP contribution in [0.15, 0.2) is 57.8 Å². The van der Waals surface area contributed by atoms with E-state index < -0.39 is 6.55 Å². The smallest absolute Gasteiger partial charge is 0.312 e. The van der Waals surface area contributed by atoms with Gasteiger partial charge in [-0.1, -0.05) is 85.6 Å². The molecular weight excluding hydrogens is 688 g/mol. The highest BCUT2D eigenvalue weighted by Crippen LogP contribution is 2.50. The molecule has 4 unspecified atom stereocenters. The molecule has 0 aromatic heterocycles. The minimum atomic E-state index is -2.59. The van der Waals surface area contributed by atoms with E-state index in [2.05, 4.69) is 41.4 Å². The maximum Gasteiger partial charge on any atom is 0.312 e. The summed E-state index contributed by atoms with van der Waals surface area (Å²) in [6.45, 7) is 21.9. The van der Waals surface area contributed by atoms with E-state index >= 15 is 0 Å². The molecule has 10 heteroatoms. The van der Waals surface area contributed by atoms with Crippen LogP contribution in [0.25, 0.3) is 5.57 Å². The van der Waals surface area contributed by atoms with E-state index in [1.54, 1.807) is 20.0 Å². The van der Waals surface area contributed by atoms with Crippen molar-refractivity contribution < 1.29 is 22.8 Å². The van der Waals surface area contributed by atoms with Crippen molar-refractivity contribution >= 4 is 29.8 Å². The van der Waals surface area contributed by atoms with Gasteiger partial charge >= 0.3 is 6.55 Å². The molecule has 1 aromatic carbocycles. The van der Waals surface area contributed by atoms with Gasteiger partial charge in [0.1, 0.15) is 17.9 Å². The third kappa shape index (κ3) is 20.2. The van der Waals surface area contributed by atoms with Crippen molar-refractivity contribution in [1.29, 1.82) is 0 Å². The molecule has 1 amide bonds. The SMILES string of the molecule is C/C=C(/C)N=C(N=C/C(=C\C)c1ccc(C2C[C@H]2CCC)c(F)c1)C(C)CC.CCC(C)(C)NC(=O)C(C)C/C(=C/NC(F)F)CNC.CCC(C)C=O. The van der Waals surface area contributed by atoms with Crippen LogP contribution in [0.4, 0.5) is 13.2 Å². The summed E-state index contributed by atoms with van der Waals surface area (Å²) in [5, 5.41) is 7.84. The van der Waals surface area contributed by atoms with Crippen molar-refractivity contribution in [1.82, 2.24) is 16.0 Å². The van der Waals surface area contributed by atoms with Crippen LogP contribution in [0.5, 0.6) is 0 Å². The van der Waals surface area contributed by atoms with Gasteiger partial charge in [0.05, 0.1) is 0 Å². The Kier molecular flexibility index (Phi) is 25.3. The average Bonchev–Trinajstić information content (AvgIpc) is 3.91. The molecule has 7 nitrogen and oxygen atoms in total. The van der Waals surface area contributed by atoms with Gasteiger partial charge in [-0.25, -0.2) is 14.4 Å². The second-order valence-electron chi connectivity index (χ2n) is 15.0. The quantitative estimate of drug-likeness (QED) is 0.0566. The molecule has 1 aliphatic rings. The summed E-state index contributed by atoms with van der Waals surface area (Å²) >= 11 is 0. The fraction of sp³-hybridized carbons (Fsp3) is 0.636. The van der Waals surface area contributed by atoms with Gasteiger partial charge < -0.3 is 20.7 Å². The van der Waals surface area contributed by atoms with Crippen molar-refractivity contribution in [2.45, 2.75) is 146 Å². The van der Waals surface area contributed by atoms with E-state index in [4.69, 9.17) is 0 Å². The molecule has 1 aromatic rings.